The predicted molar refractivity (Wildman–Crippen MR) is 69.9 cm³/mol. The minimum Gasteiger partial charge on any atom is -0.484 e. The Labute approximate surface area is 115 Å². The van der Waals surface area contributed by atoms with Gasteiger partial charge in [-0.25, -0.2) is 0 Å². The number of hydrogen-bond donors (Lipinski definition) is 1. The first-order valence-electron chi connectivity index (χ1n) is 6.23. The first-order valence-corrected chi connectivity index (χ1v) is 6.60. The minimum absolute atomic E-state index is 0.262. The molecule has 3 rings (SSSR count). The third kappa shape index (κ3) is 3.68. The second kappa shape index (κ2) is 5.59. The van der Waals surface area contributed by atoms with Crippen molar-refractivity contribution >= 4 is 11.6 Å². The lowest BCUT2D eigenvalue weighted by molar-refractivity contribution is 0.242. The molecule has 0 radical (unpaired) electrons. The Morgan fingerprint density at radius 1 is 1.32 bits per heavy atom. The van der Waals surface area contributed by atoms with Gasteiger partial charge in [0.2, 0.25) is 0 Å². The zero-order chi connectivity index (χ0) is 13.1. The second-order valence-corrected chi connectivity index (χ2v) is 4.94. The van der Waals surface area contributed by atoms with Crippen LogP contribution in [0.5, 0.6) is 5.75 Å². The molecule has 5 nitrogen and oxygen atoms in total. The molecule has 1 heterocycles. The highest BCUT2D eigenvalue weighted by Crippen LogP contribution is 2.19. The summed E-state index contributed by atoms with van der Waals surface area (Å²) < 4.78 is 10.6. The van der Waals surface area contributed by atoms with Gasteiger partial charge in [0, 0.05) is 11.1 Å². The largest absolute Gasteiger partial charge is 0.484 e. The van der Waals surface area contributed by atoms with Crippen molar-refractivity contribution in [3.8, 4) is 5.75 Å². The van der Waals surface area contributed by atoms with Crippen molar-refractivity contribution in [3.05, 3.63) is 41.0 Å². The van der Waals surface area contributed by atoms with E-state index < -0.39 is 0 Å². The molecule has 0 atom stereocenters. The number of nitrogens with one attached hydrogen (secondary N) is 1. The molecule has 1 aromatic carbocycles. The Balaban J connectivity index is 1.50. The molecule has 0 spiro atoms. The molecule has 1 aromatic heterocycles. The standard InChI is InChI=1S/C13H14ClN3O2/c14-9-1-5-11(6-2-9)18-8-13-16-12(17-19-13)7-15-10-3-4-10/h1-2,5-6,10,15H,3-4,7-8H2. The lowest BCUT2D eigenvalue weighted by Crippen LogP contribution is -2.16. The van der Waals surface area contributed by atoms with Crippen LogP contribution in [-0.2, 0) is 13.2 Å². The fourth-order valence-electron chi connectivity index (χ4n) is 1.62. The van der Waals surface area contributed by atoms with E-state index in [9.17, 15) is 0 Å². The summed E-state index contributed by atoms with van der Waals surface area (Å²) in [6.45, 7) is 0.910. The van der Waals surface area contributed by atoms with Crippen LogP contribution in [0.4, 0.5) is 0 Å². The fraction of sp³-hybridized carbons (Fsp3) is 0.385. The number of hydrogen-bond acceptors (Lipinski definition) is 5. The van der Waals surface area contributed by atoms with Crippen LogP contribution < -0.4 is 10.1 Å². The smallest absolute Gasteiger partial charge is 0.264 e. The van der Waals surface area contributed by atoms with E-state index in [1.54, 1.807) is 24.3 Å². The highest BCUT2D eigenvalue weighted by atomic mass is 35.5. The minimum atomic E-state index is 0.262. The summed E-state index contributed by atoms with van der Waals surface area (Å²) in [5, 5.41) is 7.90. The maximum Gasteiger partial charge on any atom is 0.264 e. The maximum absolute atomic E-state index is 5.79. The molecule has 0 amide bonds. The number of aromatic nitrogens is 2. The van der Waals surface area contributed by atoms with Gasteiger partial charge in [-0.2, -0.15) is 4.98 Å². The van der Waals surface area contributed by atoms with E-state index in [4.69, 9.17) is 20.9 Å². The Kier molecular flexibility index (Phi) is 3.66. The number of rotatable bonds is 6. The normalized spacial score (nSPS) is 14.6. The summed E-state index contributed by atoms with van der Waals surface area (Å²) >= 11 is 5.79. The lowest BCUT2D eigenvalue weighted by Gasteiger charge is -2.02. The van der Waals surface area contributed by atoms with E-state index in [0.717, 1.165) is 5.75 Å². The van der Waals surface area contributed by atoms with E-state index in [1.165, 1.54) is 12.8 Å². The summed E-state index contributed by atoms with van der Waals surface area (Å²) in [7, 11) is 0. The average molecular weight is 280 g/mol. The van der Waals surface area contributed by atoms with Crippen LogP contribution in [0.25, 0.3) is 0 Å². The molecule has 19 heavy (non-hydrogen) atoms. The quantitative estimate of drug-likeness (QED) is 0.880. The van der Waals surface area contributed by atoms with Crippen LogP contribution in [0.2, 0.25) is 5.02 Å². The fourth-order valence-corrected chi connectivity index (χ4v) is 1.75. The number of nitrogens with zero attached hydrogens (tertiary/aromatic N) is 2. The van der Waals surface area contributed by atoms with Crippen LogP contribution in [0.1, 0.15) is 24.6 Å². The molecule has 100 valence electrons. The van der Waals surface area contributed by atoms with Gasteiger partial charge in [0.25, 0.3) is 5.89 Å². The van der Waals surface area contributed by atoms with Crippen LogP contribution in [0.3, 0.4) is 0 Å². The molecular formula is C13H14ClN3O2. The van der Waals surface area contributed by atoms with Gasteiger partial charge >= 0.3 is 0 Å². The highest BCUT2D eigenvalue weighted by molar-refractivity contribution is 6.30. The van der Waals surface area contributed by atoms with Crippen molar-refractivity contribution in [3.63, 3.8) is 0 Å². The molecule has 1 aliphatic rings. The maximum atomic E-state index is 5.79. The van der Waals surface area contributed by atoms with E-state index >= 15 is 0 Å². The first-order chi connectivity index (χ1) is 9.29. The molecule has 0 unspecified atom stereocenters. The van der Waals surface area contributed by atoms with Crippen molar-refractivity contribution in [2.45, 2.75) is 32.0 Å². The summed E-state index contributed by atoms with van der Waals surface area (Å²) in [4.78, 5) is 4.25. The average Bonchev–Trinajstić information content (AvgIpc) is 3.15. The van der Waals surface area contributed by atoms with Crippen LogP contribution in [0, 0.1) is 0 Å². The lowest BCUT2D eigenvalue weighted by atomic mass is 10.3. The van der Waals surface area contributed by atoms with Gasteiger partial charge in [-0.15, -0.1) is 0 Å². The summed E-state index contributed by atoms with van der Waals surface area (Å²) in [6.07, 6.45) is 2.48. The topological polar surface area (TPSA) is 60.2 Å². The predicted octanol–water partition coefficient (Wildman–Crippen LogP) is 2.55. The number of halogens is 1. The van der Waals surface area contributed by atoms with Gasteiger partial charge in [-0.3, -0.25) is 0 Å². The van der Waals surface area contributed by atoms with Gasteiger partial charge in [0.15, 0.2) is 12.4 Å². The Bertz CT molecular complexity index is 537. The van der Waals surface area contributed by atoms with E-state index in [2.05, 4.69) is 15.5 Å². The van der Waals surface area contributed by atoms with Gasteiger partial charge in [-0.05, 0) is 37.1 Å². The number of benzene rings is 1. The first kappa shape index (κ1) is 12.4. The summed E-state index contributed by atoms with van der Waals surface area (Å²) in [5.74, 6) is 1.87. The van der Waals surface area contributed by atoms with Crippen molar-refractivity contribution in [2.24, 2.45) is 0 Å². The molecule has 2 aromatic rings. The Morgan fingerprint density at radius 3 is 2.84 bits per heavy atom. The van der Waals surface area contributed by atoms with Crippen LogP contribution >= 0.6 is 11.6 Å². The van der Waals surface area contributed by atoms with E-state index in [1.807, 2.05) is 0 Å². The van der Waals surface area contributed by atoms with Crippen LogP contribution in [-0.4, -0.2) is 16.2 Å². The monoisotopic (exact) mass is 279 g/mol. The van der Waals surface area contributed by atoms with Crippen molar-refractivity contribution < 1.29 is 9.26 Å². The highest BCUT2D eigenvalue weighted by Gasteiger charge is 2.21. The molecule has 6 heteroatoms. The van der Waals surface area contributed by atoms with Gasteiger partial charge in [-0.1, -0.05) is 16.8 Å². The molecule has 0 saturated heterocycles. The van der Waals surface area contributed by atoms with Crippen molar-refractivity contribution in [1.29, 1.82) is 0 Å². The molecular weight excluding hydrogens is 266 g/mol. The Morgan fingerprint density at radius 2 is 2.11 bits per heavy atom. The van der Waals surface area contributed by atoms with E-state index in [0.29, 0.717) is 29.3 Å². The third-order valence-corrected chi connectivity index (χ3v) is 3.06. The molecule has 0 bridgehead atoms. The SMILES string of the molecule is Clc1ccc(OCc2nc(CNC3CC3)no2)cc1. The molecule has 1 aliphatic carbocycles. The van der Waals surface area contributed by atoms with Crippen LogP contribution in [0.15, 0.2) is 28.8 Å². The summed E-state index contributed by atoms with van der Waals surface area (Å²) in [6, 6.07) is 7.78. The van der Waals surface area contributed by atoms with Gasteiger partial charge in [0.05, 0.1) is 6.54 Å². The zero-order valence-electron chi connectivity index (χ0n) is 10.3. The Hall–Kier alpha value is -1.59. The zero-order valence-corrected chi connectivity index (χ0v) is 11.1. The summed E-state index contributed by atoms with van der Waals surface area (Å²) in [5.41, 5.74) is 0. The third-order valence-electron chi connectivity index (χ3n) is 2.81. The van der Waals surface area contributed by atoms with Crippen molar-refractivity contribution in [2.75, 3.05) is 0 Å². The van der Waals surface area contributed by atoms with Gasteiger partial charge < -0.3 is 14.6 Å². The van der Waals surface area contributed by atoms with E-state index in [-0.39, 0.29) is 6.61 Å². The molecule has 1 saturated carbocycles. The van der Waals surface area contributed by atoms with Crippen molar-refractivity contribution in [1.82, 2.24) is 15.5 Å². The molecule has 0 aliphatic heterocycles. The molecule has 1 N–H and O–H groups in total. The second-order valence-electron chi connectivity index (χ2n) is 4.50. The van der Waals surface area contributed by atoms with Gasteiger partial charge in [0.1, 0.15) is 5.75 Å². The number of ether oxygens (including phenoxy) is 1. The molecule has 1 fully saturated rings.